The zero-order valence-corrected chi connectivity index (χ0v) is 15.5. The minimum Gasteiger partial charge on any atom is -0.493 e. The minimum atomic E-state index is -0.316. The highest BCUT2D eigenvalue weighted by molar-refractivity contribution is 7.15. The lowest BCUT2D eigenvalue weighted by Gasteiger charge is -2.09. The number of halogens is 1. The molecule has 0 aliphatic carbocycles. The van der Waals surface area contributed by atoms with Gasteiger partial charge in [0, 0.05) is 6.42 Å². The van der Waals surface area contributed by atoms with Gasteiger partial charge in [0.1, 0.15) is 5.01 Å². The summed E-state index contributed by atoms with van der Waals surface area (Å²) in [5, 5.41) is 12.3. The number of nitrogens with one attached hydrogen (secondary N) is 1. The second kappa shape index (κ2) is 8.64. The van der Waals surface area contributed by atoms with Gasteiger partial charge in [-0.1, -0.05) is 47.2 Å². The molecule has 134 valence electrons. The van der Waals surface area contributed by atoms with E-state index in [4.69, 9.17) is 21.1 Å². The predicted octanol–water partition coefficient (Wildman–Crippen LogP) is 4.07. The number of rotatable bonds is 7. The number of para-hydroxylation sites is 2. The second-order valence-corrected chi connectivity index (χ2v) is 6.65. The lowest BCUT2D eigenvalue weighted by molar-refractivity contribution is 0.102. The third-order valence-corrected chi connectivity index (χ3v) is 4.68. The van der Waals surface area contributed by atoms with Crippen molar-refractivity contribution in [2.24, 2.45) is 0 Å². The summed E-state index contributed by atoms with van der Waals surface area (Å²) in [5.74, 6) is 1.03. The van der Waals surface area contributed by atoms with Gasteiger partial charge in [-0.05, 0) is 24.3 Å². The summed E-state index contributed by atoms with van der Waals surface area (Å²) in [6.45, 7) is 0.424. The summed E-state index contributed by atoms with van der Waals surface area (Å²) in [4.78, 5) is 12.2. The van der Waals surface area contributed by atoms with Gasteiger partial charge in [-0.3, -0.25) is 10.1 Å². The summed E-state index contributed by atoms with van der Waals surface area (Å²) in [6.07, 6.45) is 0.567. The van der Waals surface area contributed by atoms with E-state index < -0.39 is 0 Å². The summed E-state index contributed by atoms with van der Waals surface area (Å²) in [5.41, 5.74) is 0.394. The number of ether oxygens (including phenoxy) is 2. The van der Waals surface area contributed by atoms with Crippen LogP contribution in [-0.4, -0.2) is 29.8 Å². The Kier molecular flexibility index (Phi) is 6.04. The van der Waals surface area contributed by atoms with Crippen LogP contribution in [0.15, 0.2) is 48.5 Å². The Balaban J connectivity index is 1.55. The summed E-state index contributed by atoms with van der Waals surface area (Å²) in [6, 6.07) is 14.3. The molecule has 1 amide bonds. The van der Waals surface area contributed by atoms with Crippen LogP contribution in [0.5, 0.6) is 11.5 Å². The zero-order valence-electron chi connectivity index (χ0n) is 13.9. The van der Waals surface area contributed by atoms with E-state index >= 15 is 0 Å². The molecule has 0 bridgehead atoms. The van der Waals surface area contributed by atoms with E-state index in [1.807, 2.05) is 24.3 Å². The number of carbonyl (C=O) groups is 1. The number of nitrogens with zero attached hydrogens (tertiary/aromatic N) is 2. The van der Waals surface area contributed by atoms with Gasteiger partial charge in [-0.25, -0.2) is 0 Å². The van der Waals surface area contributed by atoms with Crippen LogP contribution in [0.3, 0.4) is 0 Å². The third-order valence-electron chi connectivity index (χ3n) is 3.45. The number of amides is 1. The van der Waals surface area contributed by atoms with Gasteiger partial charge in [0.2, 0.25) is 5.13 Å². The molecule has 8 heteroatoms. The van der Waals surface area contributed by atoms with Crippen molar-refractivity contribution < 1.29 is 14.3 Å². The first-order valence-electron chi connectivity index (χ1n) is 7.81. The number of aromatic nitrogens is 2. The van der Waals surface area contributed by atoms with Crippen molar-refractivity contribution in [1.82, 2.24) is 10.2 Å². The highest BCUT2D eigenvalue weighted by Gasteiger charge is 2.13. The van der Waals surface area contributed by atoms with Crippen LogP contribution in [0.2, 0.25) is 5.02 Å². The van der Waals surface area contributed by atoms with E-state index in [-0.39, 0.29) is 5.91 Å². The first-order valence-corrected chi connectivity index (χ1v) is 9.01. The van der Waals surface area contributed by atoms with Crippen molar-refractivity contribution in [2.75, 3.05) is 19.0 Å². The van der Waals surface area contributed by atoms with Crippen LogP contribution in [0, 0.1) is 0 Å². The average molecular weight is 390 g/mol. The van der Waals surface area contributed by atoms with Crippen molar-refractivity contribution in [3.8, 4) is 11.5 Å². The molecule has 1 N–H and O–H groups in total. The summed E-state index contributed by atoms with van der Waals surface area (Å²) >= 11 is 7.32. The smallest absolute Gasteiger partial charge is 0.259 e. The van der Waals surface area contributed by atoms with Gasteiger partial charge in [0.15, 0.2) is 11.5 Å². The van der Waals surface area contributed by atoms with E-state index in [1.54, 1.807) is 31.4 Å². The molecule has 1 heterocycles. The Bertz CT molecular complexity index is 901. The van der Waals surface area contributed by atoms with Crippen LogP contribution >= 0.6 is 22.9 Å². The molecular formula is C18H16ClN3O3S. The first kappa shape index (κ1) is 18.2. The topological polar surface area (TPSA) is 73.3 Å². The maximum absolute atomic E-state index is 12.2. The van der Waals surface area contributed by atoms with Crippen LogP contribution in [0.1, 0.15) is 15.4 Å². The first-order chi connectivity index (χ1) is 12.7. The van der Waals surface area contributed by atoms with Gasteiger partial charge in [-0.2, -0.15) is 0 Å². The summed E-state index contributed by atoms with van der Waals surface area (Å²) in [7, 11) is 1.60. The van der Waals surface area contributed by atoms with E-state index in [0.717, 1.165) is 5.01 Å². The van der Waals surface area contributed by atoms with Crippen molar-refractivity contribution in [3.63, 3.8) is 0 Å². The quantitative estimate of drug-likeness (QED) is 0.659. The minimum absolute atomic E-state index is 0.316. The fraction of sp³-hybridized carbons (Fsp3) is 0.167. The number of benzene rings is 2. The number of hydrogen-bond acceptors (Lipinski definition) is 6. The number of anilines is 1. The predicted molar refractivity (Wildman–Crippen MR) is 102 cm³/mol. The standard InChI is InChI=1S/C18H16ClN3O3S/c1-24-14-8-4-5-9-15(14)25-11-10-16-21-22-18(26-16)20-17(23)12-6-2-3-7-13(12)19/h2-9H,10-11H2,1H3,(H,20,22,23). The van der Waals surface area contributed by atoms with Crippen LogP contribution in [0.4, 0.5) is 5.13 Å². The Morgan fingerprint density at radius 3 is 2.62 bits per heavy atom. The molecule has 0 radical (unpaired) electrons. The molecule has 3 rings (SSSR count). The Labute approximate surface area is 159 Å². The third kappa shape index (κ3) is 4.50. The van der Waals surface area contributed by atoms with Gasteiger partial charge in [-0.15, -0.1) is 10.2 Å². The van der Waals surface area contributed by atoms with Gasteiger partial charge < -0.3 is 9.47 Å². The monoisotopic (exact) mass is 389 g/mol. The molecule has 6 nitrogen and oxygen atoms in total. The van der Waals surface area contributed by atoms with Crippen molar-refractivity contribution in [1.29, 1.82) is 0 Å². The normalized spacial score (nSPS) is 10.4. The zero-order chi connectivity index (χ0) is 18.4. The van der Waals surface area contributed by atoms with Gasteiger partial charge in [0.05, 0.1) is 24.3 Å². The molecular weight excluding hydrogens is 374 g/mol. The number of carbonyl (C=O) groups excluding carboxylic acids is 1. The largest absolute Gasteiger partial charge is 0.493 e. The molecule has 0 saturated carbocycles. The molecule has 0 aliphatic heterocycles. The van der Waals surface area contributed by atoms with Gasteiger partial charge >= 0.3 is 0 Å². The molecule has 0 unspecified atom stereocenters. The van der Waals surface area contributed by atoms with Crippen molar-refractivity contribution in [3.05, 3.63) is 64.1 Å². The molecule has 0 fully saturated rings. The van der Waals surface area contributed by atoms with E-state index in [2.05, 4.69) is 15.5 Å². The molecule has 0 aliphatic rings. The van der Waals surface area contributed by atoms with E-state index in [0.29, 0.717) is 40.2 Å². The highest BCUT2D eigenvalue weighted by Crippen LogP contribution is 2.26. The highest BCUT2D eigenvalue weighted by atomic mass is 35.5. The molecule has 0 atom stereocenters. The maximum Gasteiger partial charge on any atom is 0.259 e. The molecule has 26 heavy (non-hydrogen) atoms. The summed E-state index contributed by atoms with van der Waals surface area (Å²) < 4.78 is 11.0. The molecule has 3 aromatic rings. The average Bonchev–Trinajstić information content (AvgIpc) is 3.09. The Morgan fingerprint density at radius 2 is 1.85 bits per heavy atom. The molecule has 2 aromatic carbocycles. The lowest BCUT2D eigenvalue weighted by atomic mass is 10.2. The van der Waals surface area contributed by atoms with E-state index in [9.17, 15) is 4.79 Å². The maximum atomic E-state index is 12.2. The van der Waals surface area contributed by atoms with Gasteiger partial charge in [0.25, 0.3) is 5.91 Å². The van der Waals surface area contributed by atoms with Crippen molar-refractivity contribution in [2.45, 2.75) is 6.42 Å². The van der Waals surface area contributed by atoms with E-state index in [1.165, 1.54) is 11.3 Å². The van der Waals surface area contributed by atoms with Crippen LogP contribution in [0.25, 0.3) is 0 Å². The number of methoxy groups -OCH3 is 1. The molecule has 1 aromatic heterocycles. The number of hydrogen-bond donors (Lipinski definition) is 1. The van der Waals surface area contributed by atoms with Crippen LogP contribution in [-0.2, 0) is 6.42 Å². The second-order valence-electron chi connectivity index (χ2n) is 5.18. The fourth-order valence-electron chi connectivity index (χ4n) is 2.20. The molecule has 0 saturated heterocycles. The van der Waals surface area contributed by atoms with Crippen molar-refractivity contribution >= 4 is 34.0 Å². The fourth-order valence-corrected chi connectivity index (χ4v) is 3.14. The lowest BCUT2D eigenvalue weighted by Crippen LogP contribution is -2.12. The Morgan fingerprint density at radius 1 is 1.12 bits per heavy atom. The Hall–Kier alpha value is -2.64. The van der Waals surface area contributed by atoms with Crippen LogP contribution < -0.4 is 14.8 Å². The SMILES string of the molecule is COc1ccccc1OCCc1nnc(NC(=O)c2ccccc2Cl)s1. The molecule has 0 spiro atoms.